The van der Waals surface area contributed by atoms with Crippen molar-refractivity contribution in [2.24, 2.45) is 0 Å². The van der Waals surface area contributed by atoms with Crippen LogP contribution in [0.15, 0.2) is 67.7 Å². The fraction of sp³-hybridized carbons (Fsp3) is 0.185. The van der Waals surface area contributed by atoms with Gasteiger partial charge in [-0.3, -0.25) is 28.3 Å². The van der Waals surface area contributed by atoms with Crippen LogP contribution >= 0.6 is 11.6 Å². The van der Waals surface area contributed by atoms with Gasteiger partial charge in [0.2, 0.25) is 0 Å². The van der Waals surface area contributed by atoms with Gasteiger partial charge in [-0.1, -0.05) is 35.9 Å². The van der Waals surface area contributed by atoms with Crippen LogP contribution in [0.3, 0.4) is 0 Å². The molecule has 6 nitrogen and oxygen atoms in total. The van der Waals surface area contributed by atoms with Gasteiger partial charge in [-0.15, -0.1) is 0 Å². The Balaban J connectivity index is 1.63. The first kappa shape index (κ1) is 27.4. The van der Waals surface area contributed by atoms with Crippen LogP contribution in [0.4, 0.5) is 26.3 Å². The smallest absolute Gasteiger partial charge is 0.270 e. The predicted molar refractivity (Wildman–Crippen MR) is 136 cm³/mol. The summed E-state index contributed by atoms with van der Waals surface area (Å²) in [5.41, 5.74) is -4.84. The minimum Gasteiger partial charge on any atom is -0.270 e. The van der Waals surface area contributed by atoms with E-state index in [4.69, 9.17) is 11.6 Å². The van der Waals surface area contributed by atoms with E-state index < -0.39 is 50.7 Å². The molecule has 0 aliphatic heterocycles. The Morgan fingerprint density at radius 1 is 0.575 bits per heavy atom. The van der Waals surface area contributed by atoms with Crippen LogP contribution < -0.4 is 22.2 Å². The topological polar surface area (TPSA) is 78.1 Å². The average Bonchev–Trinajstić information content (AvgIpc) is 3.28. The molecule has 40 heavy (non-hydrogen) atoms. The Morgan fingerprint density at radius 2 is 0.875 bits per heavy atom. The van der Waals surface area contributed by atoms with Crippen molar-refractivity contribution in [3.8, 4) is 0 Å². The highest BCUT2D eigenvalue weighted by molar-refractivity contribution is 6.41. The van der Waals surface area contributed by atoms with Gasteiger partial charge in [0.1, 0.15) is 0 Å². The monoisotopic (exact) mass is 580 g/mol. The number of fused-ring (bicyclic) bond motifs is 2. The molecule has 0 aliphatic rings. The van der Waals surface area contributed by atoms with Crippen LogP contribution in [0.1, 0.15) is 27.8 Å². The summed E-state index contributed by atoms with van der Waals surface area (Å²) < 4.78 is 78.7. The normalized spacial score (nSPS) is 12.6. The van der Waals surface area contributed by atoms with Crippen LogP contribution in [-0.2, 0) is 25.4 Å². The Morgan fingerprint density at radius 3 is 1.18 bits per heavy atom. The quantitative estimate of drug-likeness (QED) is 0.280. The molecule has 206 valence electrons. The van der Waals surface area contributed by atoms with E-state index >= 15 is 0 Å². The van der Waals surface area contributed by atoms with Crippen molar-refractivity contribution in [3.05, 3.63) is 123 Å². The summed E-state index contributed by atoms with van der Waals surface area (Å²) in [6, 6.07) is 7.71. The summed E-state index contributed by atoms with van der Waals surface area (Å²) >= 11 is 6.42. The molecule has 0 aliphatic carbocycles. The molecular formula is C27H15ClF6N2O4. The zero-order valence-corrected chi connectivity index (χ0v) is 21.0. The van der Waals surface area contributed by atoms with Gasteiger partial charge in [0.25, 0.3) is 22.2 Å². The number of aromatic nitrogens is 2. The van der Waals surface area contributed by atoms with Crippen LogP contribution in [0.5, 0.6) is 0 Å². The zero-order valence-electron chi connectivity index (χ0n) is 20.2. The van der Waals surface area contributed by atoms with Gasteiger partial charge < -0.3 is 0 Å². The summed E-state index contributed by atoms with van der Waals surface area (Å²) in [7, 11) is 0. The van der Waals surface area contributed by atoms with E-state index in [2.05, 4.69) is 0 Å². The number of halogens is 7. The summed E-state index contributed by atoms with van der Waals surface area (Å²) in [6.45, 7) is 0.591. The minimum atomic E-state index is -4.57. The molecular weight excluding hydrogens is 566 g/mol. The van der Waals surface area contributed by atoms with E-state index in [1.54, 1.807) is 0 Å². The highest BCUT2D eigenvalue weighted by Gasteiger charge is 2.31. The molecule has 3 aromatic carbocycles. The molecule has 0 N–H and O–H groups in total. The third kappa shape index (κ3) is 4.32. The van der Waals surface area contributed by atoms with Gasteiger partial charge in [0.15, 0.2) is 0 Å². The molecule has 0 atom stereocenters. The third-order valence-corrected chi connectivity index (χ3v) is 7.15. The van der Waals surface area contributed by atoms with Gasteiger partial charge in [-0.25, -0.2) is 0 Å². The molecule has 0 bridgehead atoms. The van der Waals surface area contributed by atoms with E-state index in [0.29, 0.717) is 0 Å². The fourth-order valence-electron chi connectivity index (χ4n) is 4.76. The fourth-order valence-corrected chi connectivity index (χ4v) is 5.11. The maximum atomic E-state index is 13.2. The lowest BCUT2D eigenvalue weighted by molar-refractivity contribution is -0.138. The second-order valence-corrected chi connectivity index (χ2v) is 9.60. The first-order valence-electron chi connectivity index (χ1n) is 11.5. The van der Waals surface area contributed by atoms with E-state index in [9.17, 15) is 45.5 Å². The van der Waals surface area contributed by atoms with Crippen LogP contribution in [0.2, 0.25) is 5.02 Å². The second-order valence-electron chi connectivity index (χ2n) is 9.22. The number of hydrogen-bond acceptors (Lipinski definition) is 4. The molecule has 0 saturated heterocycles. The number of nitrogens with zero attached hydrogens (tertiary/aromatic N) is 2. The predicted octanol–water partition coefficient (Wildman–Crippen LogP) is 5.01. The highest BCUT2D eigenvalue weighted by Crippen LogP contribution is 2.32. The molecule has 2 aromatic heterocycles. The third-order valence-electron chi connectivity index (χ3n) is 6.77. The number of benzene rings is 3. The molecule has 0 saturated carbocycles. The lowest BCUT2D eigenvalue weighted by atomic mass is 10.0. The first-order valence-corrected chi connectivity index (χ1v) is 11.9. The average molecular weight is 581 g/mol. The summed E-state index contributed by atoms with van der Waals surface area (Å²) in [5.74, 6) is 0. The number of hydrogen-bond donors (Lipinski definition) is 0. The lowest BCUT2D eigenvalue weighted by Crippen LogP contribution is -2.27. The molecule has 0 fully saturated rings. The molecule has 0 radical (unpaired) electrons. The Labute approximate surface area is 224 Å². The van der Waals surface area contributed by atoms with Crippen LogP contribution in [-0.4, -0.2) is 9.13 Å². The molecule has 5 rings (SSSR count). The SMILES string of the molecule is Cc1c2c(=O)n(Cc3ccc(C(F)(F)F)cc3)c(=O)c2c(Cl)c2c(=O)n(Cc3ccc(C(F)(F)F)cc3)c(=O)c12. The van der Waals surface area contributed by atoms with E-state index in [1.807, 2.05) is 0 Å². The van der Waals surface area contributed by atoms with Crippen molar-refractivity contribution < 1.29 is 26.3 Å². The lowest BCUT2D eigenvalue weighted by Gasteiger charge is -2.07. The summed E-state index contributed by atoms with van der Waals surface area (Å²) in [5, 5.41) is -1.48. The Bertz CT molecular complexity index is 1780. The maximum Gasteiger partial charge on any atom is 0.416 e. The van der Waals surface area contributed by atoms with Crippen molar-refractivity contribution in [1.82, 2.24) is 9.13 Å². The second kappa shape index (κ2) is 9.19. The van der Waals surface area contributed by atoms with Gasteiger partial charge in [0, 0.05) is 0 Å². The number of rotatable bonds is 4. The van der Waals surface area contributed by atoms with Gasteiger partial charge in [-0.05, 0) is 47.9 Å². The van der Waals surface area contributed by atoms with Crippen molar-refractivity contribution in [1.29, 1.82) is 0 Å². The highest BCUT2D eigenvalue weighted by atomic mass is 35.5. The Hall–Kier alpha value is -4.19. The number of alkyl halides is 6. The largest absolute Gasteiger partial charge is 0.416 e. The van der Waals surface area contributed by atoms with Crippen LogP contribution in [0, 0.1) is 6.92 Å². The van der Waals surface area contributed by atoms with E-state index in [1.165, 1.54) is 6.92 Å². The summed E-state index contributed by atoms with van der Waals surface area (Å²) in [6.07, 6.45) is -9.14. The van der Waals surface area contributed by atoms with E-state index in [-0.39, 0.29) is 51.3 Å². The Kier molecular flexibility index (Phi) is 6.29. The standard InChI is InChI=1S/C27H15ClF6N2O4/c1-12-17-19(24(39)35(22(17)37)10-13-2-6-15(7-3-13)26(29,30)31)21(28)20-18(12)23(38)36(25(20)40)11-14-4-8-16(9-5-14)27(32,33)34/h2-9H,10-11H2,1H3. The zero-order chi connectivity index (χ0) is 29.3. The molecule has 0 amide bonds. The molecule has 0 unspecified atom stereocenters. The van der Waals surface area contributed by atoms with Gasteiger partial charge >= 0.3 is 12.4 Å². The molecule has 2 heterocycles. The van der Waals surface area contributed by atoms with Crippen molar-refractivity contribution in [2.75, 3.05) is 0 Å². The van der Waals surface area contributed by atoms with Gasteiger partial charge in [-0.2, -0.15) is 26.3 Å². The molecule has 13 heteroatoms. The summed E-state index contributed by atoms with van der Waals surface area (Å²) in [4.78, 5) is 52.9. The van der Waals surface area contributed by atoms with Crippen LogP contribution in [0.25, 0.3) is 21.5 Å². The molecule has 0 spiro atoms. The minimum absolute atomic E-state index is 0.0101. The van der Waals surface area contributed by atoms with Crippen molar-refractivity contribution in [3.63, 3.8) is 0 Å². The van der Waals surface area contributed by atoms with Gasteiger partial charge in [0.05, 0.1) is 50.8 Å². The van der Waals surface area contributed by atoms with Crippen molar-refractivity contribution in [2.45, 2.75) is 32.4 Å². The van der Waals surface area contributed by atoms with Crippen molar-refractivity contribution >= 4 is 33.1 Å². The van der Waals surface area contributed by atoms with E-state index in [0.717, 1.165) is 57.7 Å². The maximum absolute atomic E-state index is 13.2. The molecule has 5 aromatic rings. The number of aryl methyl sites for hydroxylation is 1. The first-order chi connectivity index (χ1) is 18.6.